The third-order valence-corrected chi connectivity index (χ3v) is 5.39. The van der Waals surface area contributed by atoms with E-state index in [-0.39, 0.29) is 11.9 Å². The molecular formula is C21H21N3O3. The number of aromatic amines is 1. The number of hydrogen-bond donors (Lipinski definition) is 1. The third kappa shape index (κ3) is 3.07. The van der Waals surface area contributed by atoms with E-state index >= 15 is 0 Å². The molecule has 0 saturated heterocycles. The van der Waals surface area contributed by atoms with Crippen LogP contribution in [0.15, 0.2) is 58.1 Å². The highest BCUT2D eigenvalue weighted by molar-refractivity contribution is 5.97. The number of aromatic nitrogens is 2. The van der Waals surface area contributed by atoms with Crippen molar-refractivity contribution in [3.8, 4) is 5.69 Å². The van der Waals surface area contributed by atoms with Crippen molar-refractivity contribution in [2.24, 2.45) is 5.92 Å². The maximum atomic E-state index is 12.8. The van der Waals surface area contributed by atoms with Crippen LogP contribution in [0.25, 0.3) is 16.6 Å². The highest BCUT2D eigenvalue weighted by Gasteiger charge is 2.32. The van der Waals surface area contributed by atoms with Crippen LogP contribution in [0.2, 0.25) is 0 Å². The first-order valence-corrected chi connectivity index (χ1v) is 9.09. The highest BCUT2D eigenvalue weighted by Crippen LogP contribution is 2.35. The van der Waals surface area contributed by atoms with E-state index in [4.69, 9.17) is 0 Å². The topological polar surface area (TPSA) is 75.2 Å². The fourth-order valence-corrected chi connectivity index (χ4v) is 3.45. The standard InChI is InChI=1S/C21H21N3O3/c1-13(14-8-9-14)23(2)19(25)15-10-11-17-18(12-15)22-21(27)24(20(17)26)16-6-4-3-5-7-16/h3-7,10-14H,8-9H2,1-2H3,(H,22,27). The normalized spacial score (nSPS) is 14.9. The summed E-state index contributed by atoms with van der Waals surface area (Å²) in [6, 6.07) is 13.8. The molecule has 2 aromatic carbocycles. The van der Waals surface area contributed by atoms with Gasteiger partial charge in [0, 0.05) is 18.7 Å². The van der Waals surface area contributed by atoms with Crippen molar-refractivity contribution in [2.75, 3.05) is 7.05 Å². The van der Waals surface area contributed by atoms with Crippen LogP contribution in [0.4, 0.5) is 0 Å². The Kier molecular flexibility index (Phi) is 4.18. The first kappa shape index (κ1) is 17.3. The molecule has 1 heterocycles. The predicted molar refractivity (Wildman–Crippen MR) is 104 cm³/mol. The van der Waals surface area contributed by atoms with Crippen molar-refractivity contribution in [1.29, 1.82) is 0 Å². The molecule has 1 saturated carbocycles. The van der Waals surface area contributed by atoms with Crippen LogP contribution >= 0.6 is 0 Å². The second-order valence-electron chi connectivity index (χ2n) is 7.16. The molecule has 1 N–H and O–H groups in total. The van der Waals surface area contributed by atoms with Gasteiger partial charge in [-0.3, -0.25) is 9.59 Å². The van der Waals surface area contributed by atoms with Crippen molar-refractivity contribution >= 4 is 16.8 Å². The number of fused-ring (bicyclic) bond motifs is 1. The number of para-hydroxylation sites is 1. The van der Waals surface area contributed by atoms with Crippen LogP contribution < -0.4 is 11.2 Å². The fourth-order valence-electron chi connectivity index (χ4n) is 3.45. The molecule has 6 heteroatoms. The summed E-state index contributed by atoms with van der Waals surface area (Å²) < 4.78 is 1.10. The van der Waals surface area contributed by atoms with Crippen LogP contribution in [0.5, 0.6) is 0 Å². The summed E-state index contributed by atoms with van der Waals surface area (Å²) in [6.45, 7) is 2.05. The Hall–Kier alpha value is -3.15. The number of nitrogens with zero attached hydrogens (tertiary/aromatic N) is 2. The molecule has 1 unspecified atom stereocenters. The van der Waals surface area contributed by atoms with Gasteiger partial charge in [-0.2, -0.15) is 0 Å². The van der Waals surface area contributed by atoms with Crippen LogP contribution in [0, 0.1) is 5.92 Å². The van der Waals surface area contributed by atoms with Crippen LogP contribution in [0.1, 0.15) is 30.1 Å². The molecule has 6 nitrogen and oxygen atoms in total. The number of hydrogen-bond acceptors (Lipinski definition) is 3. The molecule has 1 aliphatic rings. The zero-order valence-corrected chi connectivity index (χ0v) is 15.3. The number of carbonyl (C=O) groups is 1. The minimum atomic E-state index is -0.525. The lowest BCUT2D eigenvalue weighted by Gasteiger charge is -2.25. The maximum Gasteiger partial charge on any atom is 0.333 e. The van der Waals surface area contributed by atoms with E-state index in [1.165, 1.54) is 0 Å². The summed E-state index contributed by atoms with van der Waals surface area (Å²) in [4.78, 5) is 42.5. The van der Waals surface area contributed by atoms with E-state index in [0.29, 0.717) is 28.1 Å². The Labute approximate surface area is 156 Å². The van der Waals surface area contributed by atoms with Gasteiger partial charge < -0.3 is 9.88 Å². The summed E-state index contributed by atoms with van der Waals surface area (Å²) in [5.74, 6) is 0.460. The first-order chi connectivity index (χ1) is 13.0. The van der Waals surface area contributed by atoms with Gasteiger partial charge in [0.2, 0.25) is 0 Å². The number of amides is 1. The van der Waals surface area contributed by atoms with Gasteiger partial charge in [-0.05, 0) is 56.0 Å². The zero-order valence-electron chi connectivity index (χ0n) is 15.3. The van der Waals surface area contributed by atoms with Gasteiger partial charge >= 0.3 is 5.69 Å². The van der Waals surface area contributed by atoms with E-state index in [0.717, 1.165) is 17.4 Å². The zero-order chi connectivity index (χ0) is 19.1. The van der Waals surface area contributed by atoms with Gasteiger partial charge in [0.25, 0.3) is 11.5 Å². The lowest BCUT2D eigenvalue weighted by atomic mass is 10.1. The van der Waals surface area contributed by atoms with Crippen LogP contribution in [-0.4, -0.2) is 33.4 Å². The molecule has 3 aromatic rings. The second-order valence-corrected chi connectivity index (χ2v) is 7.16. The van der Waals surface area contributed by atoms with Crippen molar-refractivity contribution in [2.45, 2.75) is 25.8 Å². The van der Waals surface area contributed by atoms with E-state index in [2.05, 4.69) is 11.9 Å². The number of carbonyl (C=O) groups excluding carboxylic acids is 1. The lowest BCUT2D eigenvalue weighted by Crippen LogP contribution is -2.36. The van der Waals surface area contributed by atoms with Crippen LogP contribution in [0.3, 0.4) is 0 Å². The molecule has 27 heavy (non-hydrogen) atoms. The second kappa shape index (κ2) is 6.54. The average molecular weight is 363 g/mol. The maximum absolute atomic E-state index is 12.8. The molecule has 0 spiro atoms. The minimum Gasteiger partial charge on any atom is -0.339 e. The molecule has 4 rings (SSSR count). The van der Waals surface area contributed by atoms with Crippen molar-refractivity contribution in [3.63, 3.8) is 0 Å². The highest BCUT2D eigenvalue weighted by atomic mass is 16.2. The van der Waals surface area contributed by atoms with Gasteiger partial charge in [0.1, 0.15) is 0 Å². The Morgan fingerprint density at radius 1 is 1.15 bits per heavy atom. The molecule has 1 aliphatic carbocycles. The van der Waals surface area contributed by atoms with E-state index in [1.54, 1.807) is 54.4 Å². The Morgan fingerprint density at radius 2 is 1.85 bits per heavy atom. The van der Waals surface area contributed by atoms with Crippen molar-refractivity contribution in [1.82, 2.24) is 14.5 Å². The molecule has 1 fully saturated rings. The van der Waals surface area contributed by atoms with Gasteiger partial charge in [0.05, 0.1) is 16.6 Å². The average Bonchev–Trinajstić information content (AvgIpc) is 3.52. The molecule has 1 aromatic heterocycles. The van der Waals surface area contributed by atoms with E-state index in [9.17, 15) is 14.4 Å². The van der Waals surface area contributed by atoms with Crippen molar-refractivity contribution in [3.05, 3.63) is 74.9 Å². The predicted octanol–water partition coefficient (Wildman–Crippen LogP) is 2.55. The summed E-state index contributed by atoms with van der Waals surface area (Å²) >= 11 is 0. The van der Waals surface area contributed by atoms with E-state index < -0.39 is 11.2 Å². The smallest absolute Gasteiger partial charge is 0.333 e. The minimum absolute atomic E-state index is 0.107. The molecule has 1 atom stereocenters. The number of rotatable bonds is 4. The quantitative estimate of drug-likeness (QED) is 0.774. The monoisotopic (exact) mass is 363 g/mol. The Morgan fingerprint density at radius 3 is 2.52 bits per heavy atom. The number of H-pyrrole nitrogens is 1. The SMILES string of the molecule is CC(C1CC1)N(C)C(=O)c1ccc2c(=O)n(-c3ccccc3)c(=O)[nH]c2c1. The van der Waals surface area contributed by atoms with Crippen LogP contribution in [-0.2, 0) is 0 Å². The molecular weight excluding hydrogens is 342 g/mol. The summed E-state index contributed by atoms with van der Waals surface area (Å²) in [5, 5.41) is 0.368. The molecule has 0 radical (unpaired) electrons. The fraction of sp³-hybridized carbons (Fsp3) is 0.286. The van der Waals surface area contributed by atoms with Gasteiger partial charge in [-0.1, -0.05) is 18.2 Å². The molecule has 0 aliphatic heterocycles. The first-order valence-electron chi connectivity index (χ1n) is 9.09. The Bertz CT molecular complexity index is 1130. The summed E-state index contributed by atoms with van der Waals surface area (Å²) in [7, 11) is 1.80. The van der Waals surface area contributed by atoms with Gasteiger partial charge in [-0.15, -0.1) is 0 Å². The molecule has 0 bridgehead atoms. The van der Waals surface area contributed by atoms with Gasteiger partial charge in [0.15, 0.2) is 0 Å². The lowest BCUT2D eigenvalue weighted by molar-refractivity contribution is 0.0727. The summed E-state index contributed by atoms with van der Waals surface area (Å²) in [6.07, 6.45) is 2.31. The molecule has 1 amide bonds. The number of benzene rings is 2. The van der Waals surface area contributed by atoms with E-state index in [1.807, 2.05) is 6.07 Å². The molecule has 138 valence electrons. The largest absolute Gasteiger partial charge is 0.339 e. The number of nitrogens with one attached hydrogen (secondary N) is 1. The Balaban J connectivity index is 1.77. The third-order valence-electron chi connectivity index (χ3n) is 5.39. The summed E-state index contributed by atoms with van der Waals surface area (Å²) in [5.41, 5.74) is 0.408. The van der Waals surface area contributed by atoms with Gasteiger partial charge in [-0.25, -0.2) is 9.36 Å². The van der Waals surface area contributed by atoms with Crippen molar-refractivity contribution < 1.29 is 4.79 Å².